The summed E-state index contributed by atoms with van der Waals surface area (Å²) in [5.41, 5.74) is 0.714. The molecule has 1 heterocycles. The first-order valence-corrected chi connectivity index (χ1v) is 9.50. The molecular weight excluding hydrogens is 327 g/mol. The fraction of sp³-hybridized carbons (Fsp3) is 0.429. The van der Waals surface area contributed by atoms with E-state index in [4.69, 9.17) is 0 Å². The Morgan fingerprint density at radius 1 is 1.19 bits per heavy atom. The summed E-state index contributed by atoms with van der Waals surface area (Å²) in [6.45, 7) is 2.17. The molecule has 1 N–H and O–H groups in total. The first kappa shape index (κ1) is 16.7. The van der Waals surface area contributed by atoms with Crippen LogP contribution < -0.4 is 0 Å². The van der Waals surface area contributed by atoms with Crippen molar-refractivity contribution in [1.29, 1.82) is 0 Å². The second kappa shape index (κ2) is 8.73. The Hall–Kier alpha value is -0.630. The average molecular weight is 345 g/mol. The van der Waals surface area contributed by atoms with Gasteiger partial charge in [-0.05, 0) is 24.1 Å². The molecule has 0 spiro atoms. The highest BCUT2D eigenvalue weighted by molar-refractivity contribution is 8.03. The molecule has 0 amide bonds. The van der Waals surface area contributed by atoms with Crippen molar-refractivity contribution >= 4 is 34.9 Å². The number of hydrogen-bond acceptors (Lipinski definition) is 6. The van der Waals surface area contributed by atoms with E-state index in [1.165, 1.54) is 36.7 Å². The lowest BCUT2D eigenvalue weighted by atomic mass is 10.1. The summed E-state index contributed by atoms with van der Waals surface area (Å²) in [4.78, 5) is 0. The van der Waals surface area contributed by atoms with Gasteiger partial charge in [0.15, 0.2) is 8.68 Å². The normalized spacial score (nSPS) is 12.5. The van der Waals surface area contributed by atoms with Gasteiger partial charge in [-0.2, -0.15) is 0 Å². The third-order valence-electron chi connectivity index (χ3n) is 2.73. The number of rotatable bonds is 8. The van der Waals surface area contributed by atoms with Crippen molar-refractivity contribution in [2.75, 3.05) is 11.5 Å². The Morgan fingerprint density at radius 2 is 1.86 bits per heavy atom. The topological polar surface area (TPSA) is 46.0 Å². The Kier molecular flexibility index (Phi) is 6.95. The molecule has 2 aromatic rings. The Balaban J connectivity index is 1.81. The molecule has 1 unspecified atom stereocenters. The van der Waals surface area contributed by atoms with Crippen LogP contribution in [0.1, 0.15) is 31.4 Å². The maximum absolute atomic E-state index is 12.8. The number of benzene rings is 1. The second-order valence-electron chi connectivity index (χ2n) is 4.41. The first-order chi connectivity index (χ1) is 10.2. The predicted octanol–water partition coefficient (Wildman–Crippen LogP) is 4.40. The molecular formula is C14H17FN2OS3. The minimum Gasteiger partial charge on any atom is -0.388 e. The molecule has 114 valence electrons. The molecule has 0 aliphatic carbocycles. The number of halogens is 1. The first-order valence-electron chi connectivity index (χ1n) is 6.71. The molecule has 0 radical (unpaired) electrons. The Labute approximate surface area is 136 Å². The lowest BCUT2D eigenvalue weighted by molar-refractivity contribution is 0.204. The molecule has 1 atom stereocenters. The minimum absolute atomic E-state index is 0.295. The van der Waals surface area contributed by atoms with Crippen LogP contribution in [-0.4, -0.2) is 26.8 Å². The average Bonchev–Trinajstić information content (AvgIpc) is 2.94. The SMILES string of the molecule is CCCCSc1nnc(SCC(O)c2ccc(F)cc2)s1. The number of unbranched alkanes of at least 4 members (excludes halogenated alkanes) is 1. The molecule has 1 aromatic heterocycles. The summed E-state index contributed by atoms with van der Waals surface area (Å²) < 4.78 is 14.7. The van der Waals surface area contributed by atoms with Crippen molar-refractivity contribution in [3.63, 3.8) is 0 Å². The van der Waals surface area contributed by atoms with Crippen LogP contribution in [0.25, 0.3) is 0 Å². The predicted molar refractivity (Wildman–Crippen MR) is 87.6 cm³/mol. The molecule has 1 aromatic carbocycles. The zero-order valence-electron chi connectivity index (χ0n) is 11.7. The molecule has 0 bridgehead atoms. The van der Waals surface area contributed by atoms with Gasteiger partial charge in [0, 0.05) is 11.5 Å². The van der Waals surface area contributed by atoms with Gasteiger partial charge in [-0.25, -0.2) is 4.39 Å². The zero-order valence-corrected chi connectivity index (χ0v) is 14.1. The van der Waals surface area contributed by atoms with Crippen molar-refractivity contribution in [3.05, 3.63) is 35.6 Å². The van der Waals surface area contributed by atoms with Crippen LogP contribution >= 0.6 is 34.9 Å². The molecule has 0 saturated carbocycles. The van der Waals surface area contributed by atoms with Crippen LogP contribution in [0.2, 0.25) is 0 Å². The van der Waals surface area contributed by atoms with Crippen molar-refractivity contribution in [2.24, 2.45) is 0 Å². The van der Waals surface area contributed by atoms with Gasteiger partial charge in [-0.1, -0.05) is 60.3 Å². The highest BCUT2D eigenvalue weighted by Crippen LogP contribution is 2.31. The largest absolute Gasteiger partial charge is 0.388 e. The molecule has 21 heavy (non-hydrogen) atoms. The fourth-order valence-electron chi connectivity index (χ4n) is 1.55. The van der Waals surface area contributed by atoms with Crippen molar-refractivity contribution in [3.8, 4) is 0 Å². The van der Waals surface area contributed by atoms with Gasteiger partial charge < -0.3 is 5.11 Å². The van der Waals surface area contributed by atoms with Crippen LogP contribution in [-0.2, 0) is 0 Å². The highest BCUT2D eigenvalue weighted by atomic mass is 32.2. The molecule has 2 rings (SSSR count). The Bertz CT molecular complexity index is 547. The van der Waals surface area contributed by atoms with Crippen LogP contribution in [0.4, 0.5) is 4.39 Å². The van der Waals surface area contributed by atoms with E-state index in [9.17, 15) is 9.50 Å². The summed E-state index contributed by atoms with van der Waals surface area (Å²) in [5, 5.41) is 18.3. The molecule has 0 fully saturated rings. The lowest BCUT2D eigenvalue weighted by Crippen LogP contribution is -2.00. The standard InChI is InChI=1S/C14H17FN2OS3/c1-2-3-8-19-13-16-17-14(21-13)20-9-12(18)10-4-6-11(15)7-5-10/h4-7,12,18H,2-3,8-9H2,1H3. The van der Waals surface area contributed by atoms with Crippen LogP contribution in [0.15, 0.2) is 32.9 Å². The van der Waals surface area contributed by atoms with Crippen LogP contribution in [0, 0.1) is 5.82 Å². The van der Waals surface area contributed by atoms with E-state index in [1.807, 2.05) is 0 Å². The van der Waals surface area contributed by atoms with Gasteiger partial charge in [-0.15, -0.1) is 10.2 Å². The minimum atomic E-state index is -0.629. The van der Waals surface area contributed by atoms with Gasteiger partial charge >= 0.3 is 0 Å². The van der Waals surface area contributed by atoms with Gasteiger partial charge in [0.05, 0.1) is 6.10 Å². The number of thioether (sulfide) groups is 2. The number of hydrogen-bond donors (Lipinski definition) is 1. The molecule has 0 saturated heterocycles. The van der Waals surface area contributed by atoms with E-state index in [0.29, 0.717) is 11.3 Å². The van der Waals surface area contributed by atoms with Gasteiger partial charge in [-0.3, -0.25) is 0 Å². The highest BCUT2D eigenvalue weighted by Gasteiger charge is 2.11. The number of aliphatic hydroxyl groups excluding tert-OH is 1. The molecule has 7 heteroatoms. The van der Waals surface area contributed by atoms with Crippen molar-refractivity contribution in [2.45, 2.75) is 34.5 Å². The summed E-state index contributed by atoms with van der Waals surface area (Å²) in [7, 11) is 0. The third kappa shape index (κ3) is 5.58. The summed E-state index contributed by atoms with van der Waals surface area (Å²) in [5.74, 6) is 1.25. The summed E-state index contributed by atoms with van der Waals surface area (Å²) >= 11 is 4.76. The van der Waals surface area contributed by atoms with E-state index < -0.39 is 6.10 Å². The fourth-order valence-corrected chi connectivity index (χ4v) is 4.72. The smallest absolute Gasteiger partial charge is 0.175 e. The number of aliphatic hydroxyl groups is 1. The van der Waals surface area contributed by atoms with E-state index >= 15 is 0 Å². The molecule has 0 aliphatic rings. The second-order valence-corrected chi connectivity index (χ2v) is 8.00. The molecule has 0 aliphatic heterocycles. The summed E-state index contributed by atoms with van der Waals surface area (Å²) in [6, 6.07) is 5.92. The van der Waals surface area contributed by atoms with Crippen molar-refractivity contribution in [1.82, 2.24) is 10.2 Å². The third-order valence-corrected chi connectivity index (χ3v) is 6.08. The van der Waals surface area contributed by atoms with E-state index in [1.54, 1.807) is 35.2 Å². The van der Waals surface area contributed by atoms with Gasteiger partial charge in [0.1, 0.15) is 5.82 Å². The Morgan fingerprint density at radius 3 is 2.52 bits per heavy atom. The maximum atomic E-state index is 12.8. The van der Waals surface area contributed by atoms with E-state index in [-0.39, 0.29) is 5.82 Å². The van der Waals surface area contributed by atoms with E-state index in [2.05, 4.69) is 17.1 Å². The van der Waals surface area contributed by atoms with E-state index in [0.717, 1.165) is 14.4 Å². The van der Waals surface area contributed by atoms with Gasteiger partial charge in [0.2, 0.25) is 0 Å². The van der Waals surface area contributed by atoms with Crippen LogP contribution in [0.5, 0.6) is 0 Å². The van der Waals surface area contributed by atoms with Gasteiger partial charge in [0.25, 0.3) is 0 Å². The lowest BCUT2D eigenvalue weighted by Gasteiger charge is -2.08. The monoisotopic (exact) mass is 344 g/mol. The zero-order chi connectivity index (χ0) is 15.1. The quantitative estimate of drug-likeness (QED) is 0.568. The number of aromatic nitrogens is 2. The maximum Gasteiger partial charge on any atom is 0.175 e. The summed E-state index contributed by atoms with van der Waals surface area (Å²) in [6.07, 6.45) is 1.73. The van der Waals surface area contributed by atoms with Crippen molar-refractivity contribution < 1.29 is 9.50 Å². The molecule has 3 nitrogen and oxygen atoms in total. The number of nitrogens with zero attached hydrogens (tertiary/aromatic N) is 2. The van der Waals surface area contributed by atoms with Crippen LogP contribution in [0.3, 0.4) is 0 Å².